The van der Waals surface area contributed by atoms with Crippen molar-refractivity contribution in [2.45, 2.75) is 45.4 Å². The van der Waals surface area contributed by atoms with Crippen molar-refractivity contribution in [3.63, 3.8) is 0 Å². The number of nitrogens with zero attached hydrogens (tertiary/aromatic N) is 3. The van der Waals surface area contributed by atoms with Gasteiger partial charge >= 0.3 is 0 Å². The molecule has 34 heavy (non-hydrogen) atoms. The van der Waals surface area contributed by atoms with Gasteiger partial charge in [0.2, 0.25) is 5.91 Å². The Hall–Kier alpha value is -2.91. The first-order valence-electron chi connectivity index (χ1n) is 10.8. The maximum absolute atomic E-state index is 12.7. The summed E-state index contributed by atoms with van der Waals surface area (Å²) in [5.41, 5.74) is 4.39. The minimum absolute atomic E-state index is 0.131. The molecule has 3 aromatic rings. The largest absolute Gasteiger partial charge is 0.342 e. The number of anilines is 1. The van der Waals surface area contributed by atoms with E-state index >= 15 is 0 Å². The van der Waals surface area contributed by atoms with Gasteiger partial charge in [-0.25, -0.2) is 0 Å². The number of aromatic nitrogens is 3. The van der Waals surface area contributed by atoms with E-state index in [1.54, 1.807) is 12.1 Å². The molecular weight excluding hydrogens is 514 g/mol. The quantitative estimate of drug-likeness (QED) is 0.280. The van der Waals surface area contributed by atoms with E-state index in [4.69, 9.17) is 0 Å². The number of hydrogen-bond acceptors (Lipinski definition) is 5. The Morgan fingerprint density at radius 1 is 1.18 bits per heavy atom. The molecule has 1 aromatic heterocycles. The van der Waals surface area contributed by atoms with Gasteiger partial charge in [0.15, 0.2) is 11.0 Å². The maximum Gasteiger partial charge on any atom is 0.251 e. The van der Waals surface area contributed by atoms with E-state index in [1.807, 2.05) is 62.6 Å². The van der Waals surface area contributed by atoms with Gasteiger partial charge in [-0.1, -0.05) is 51.5 Å². The van der Waals surface area contributed by atoms with Crippen LogP contribution in [0.5, 0.6) is 0 Å². The summed E-state index contributed by atoms with van der Waals surface area (Å²) in [4.78, 5) is 25.3. The Kier molecular flexibility index (Phi) is 8.68. The van der Waals surface area contributed by atoms with Crippen molar-refractivity contribution < 1.29 is 9.59 Å². The highest BCUT2D eigenvalue weighted by atomic mass is 79.9. The predicted octanol–water partition coefficient (Wildman–Crippen LogP) is 5.37. The number of hydrogen-bond donors (Lipinski definition) is 2. The number of benzene rings is 2. The van der Waals surface area contributed by atoms with Gasteiger partial charge < -0.3 is 15.2 Å². The van der Waals surface area contributed by atoms with Gasteiger partial charge in [0.1, 0.15) is 0 Å². The van der Waals surface area contributed by atoms with E-state index in [2.05, 4.69) is 43.3 Å². The summed E-state index contributed by atoms with van der Waals surface area (Å²) >= 11 is 4.77. The molecule has 0 radical (unpaired) electrons. The number of allylic oxidation sites excluding steroid dienone is 1. The lowest BCUT2D eigenvalue weighted by Crippen LogP contribution is -2.29. The fourth-order valence-corrected chi connectivity index (χ4v) is 5.01. The van der Waals surface area contributed by atoms with Crippen LogP contribution in [0.3, 0.4) is 0 Å². The highest BCUT2D eigenvalue weighted by Crippen LogP contribution is 2.26. The third kappa shape index (κ3) is 6.36. The first-order chi connectivity index (χ1) is 16.2. The van der Waals surface area contributed by atoms with Crippen LogP contribution >= 0.6 is 27.7 Å². The highest BCUT2D eigenvalue weighted by Gasteiger charge is 2.21. The molecule has 2 amide bonds. The van der Waals surface area contributed by atoms with Gasteiger partial charge in [-0.15, -0.1) is 16.8 Å². The summed E-state index contributed by atoms with van der Waals surface area (Å²) < 4.78 is 2.84. The van der Waals surface area contributed by atoms with Crippen molar-refractivity contribution >= 4 is 45.2 Å². The molecule has 2 aromatic carbocycles. The average molecular weight is 543 g/mol. The zero-order chi connectivity index (χ0) is 24.8. The topological polar surface area (TPSA) is 88.9 Å². The maximum atomic E-state index is 12.7. The molecule has 0 aliphatic heterocycles. The van der Waals surface area contributed by atoms with Gasteiger partial charge in [0.25, 0.3) is 5.91 Å². The van der Waals surface area contributed by atoms with E-state index in [0.717, 1.165) is 26.9 Å². The Morgan fingerprint density at radius 2 is 1.88 bits per heavy atom. The number of amides is 2. The van der Waals surface area contributed by atoms with Crippen molar-refractivity contribution in [1.29, 1.82) is 0 Å². The van der Waals surface area contributed by atoms with E-state index < -0.39 is 0 Å². The lowest BCUT2D eigenvalue weighted by atomic mass is 10.1. The molecule has 0 bridgehead atoms. The van der Waals surface area contributed by atoms with Crippen molar-refractivity contribution in [2.75, 3.05) is 11.1 Å². The smallest absolute Gasteiger partial charge is 0.251 e. The molecule has 178 valence electrons. The number of carbonyl (C=O) groups excluding carboxylic acids is 2. The predicted molar refractivity (Wildman–Crippen MR) is 140 cm³/mol. The van der Waals surface area contributed by atoms with Crippen LogP contribution in [0.15, 0.2) is 58.7 Å². The molecule has 0 saturated heterocycles. The fourth-order valence-electron chi connectivity index (χ4n) is 3.57. The van der Waals surface area contributed by atoms with Crippen LogP contribution in [0.2, 0.25) is 0 Å². The zero-order valence-electron chi connectivity index (χ0n) is 19.7. The second kappa shape index (κ2) is 11.5. The molecule has 1 atom stereocenters. The summed E-state index contributed by atoms with van der Waals surface area (Å²) in [6.45, 7) is 12.0. The van der Waals surface area contributed by atoms with Crippen LogP contribution in [0.1, 0.15) is 45.8 Å². The van der Waals surface area contributed by atoms with Crippen LogP contribution in [0.4, 0.5) is 5.69 Å². The lowest BCUT2D eigenvalue weighted by molar-refractivity contribution is -0.113. The van der Waals surface area contributed by atoms with Gasteiger partial charge in [-0.05, 0) is 63.1 Å². The molecule has 7 nitrogen and oxygen atoms in total. The molecule has 0 aliphatic carbocycles. The van der Waals surface area contributed by atoms with Gasteiger partial charge in [0, 0.05) is 22.3 Å². The fraction of sp³-hybridized carbons (Fsp3) is 0.280. The number of nitrogens with one attached hydrogen (secondary N) is 2. The molecule has 0 unspecified atom stereocenters. The van der Waals surface area contributed by atoms with E-state index in [-0.39, 0.29) is 23.6 Å². The SMILES string of the molecule is C=CCn1c(SCC(=O)Nc2c(C)cc(Br)cc2C)nnc1[C@H](C)NC(=O)c1cccc(C)c1. The number of aryl methyl sites for hydroxylation is 3. The van der Waals surface area contributed by atoms with Crippen molar-refractivity contribution in [2.24, 2.45) is 0 Å². The minimum Gasteiger partial charge on any atom is -0.342 e. The van der Waals surface area contributed by atoms with Crippen molar-refractivity contribution in [3.05, 3.63) is 81.6 Å². The second-order valence-electron chi connectivity index (χ2n) is 8.06. The van der Waals surface area contributed by atoms with E-state index in [1.165, 1.54) is 11.8 Å². The Labute approximate surface area is 212 Å². The molecular formula is C25H28BrN5O2S. The molecule has 0 aliphatic rings. The molecule has 0 saturated carbocycles. The normalized spacial score (nSPS) is 11.7. The van der Waals surface area contributed by atoms with Crippen LogP contribution in [-0.4, -0.2) is 32.3 Å². The first-order valence-corrected chi connectivity index (χ1v) is 12.6. The Balaban J connectivity index is 1.69. The van der Waals surface area contributed by atoms with Gasteiger partial charge in [0.05, 0.1) is 11.8 Å². The van der Waals surface area contributed by atoms with Crippen LogP contribution in [0, 0.1) is 20.8 Å². The third-order valence-corrected chi connectivity index (χ3v) is 6.59. The van der Waals surface area contributed by atoms with Crippen molar-refractivity contribution in [3.8, 4) is 0 Å². The van der Waals surface area contributed by atoms with E-state index in [9.17, 15) is 9.59 Å². The number of halogens is 1. The second-order valence-corrected chi connectivity index (χ2v) is 9.91. The molecule has 9 heteroatoms. The monoisotopic (exact) mass is 541 g/mol. The number of thioether (sulfide) groups is 1. The van der Waals surface area contributed by atoms with Crippen LogP contribution in [0.25, 0.3) is 0 Å². The number of rotatable bonds is 9. The molecule has 1 heterocycles. The summed E-state index contributed by atoms with van der Waals surface area (Å²) in [5.74, 6) is 0.462. The highest BCUT2D eigenvalue weighted by molar-refractivity contribution is 9.10. The minimum atomic E-state index is -0.378. The zero-order valence-corrected chi connectivity index (χ0v) is 22.1. The van der Waals surface area contributed by atoms with Crippen LogP contribution < -0.4 is 10.6 Å². The summed E-state index contributed by atoms with van der Waals surface area (Å²) in [6, 6.07) is 11.0. The molecule has 0 fully saturated rings. The molecule has 3 rings (SSSR count). The summed E-state index contributed by atoms with van der Waals surface area (Å²) in [5, 5.41) is 15.1. The van der Waals surface area contributed by atoms with Crippen LogP contribution in [-0.2, 0) is 11.3 Å². The Bertz CT molecular complexity index is 1200. The van der Waals surface area contributed by atoms with E-state index in [0.29, 0.717) is 23.1 Å². The van der Waals surface area contributed by atoms with Gasteiger partial charge in [-0.2, -0.15) is 0 Å². The summed E-state index contributed by atoms with van der Waals surface area (Å²) in [6.07, 6.45) is 1.74. The third-order valence-electron chi connectivity index (χ3n) is 5.17. The Morgan fingerprint density at radius 3 is 2.53 bits per heavy atom. The first kappa shape index (κ1) is 25.7. The van der Waals surface area contributed by atoms with Gasteiger partial charge in [-0.3, -0.25) is 9.59 Å². The standard InChI is InChI=1S/C25H28BrN5O2S/c1-6-10-31-23(18(5)27-24(33)19-9-7-8-15(2)11-19)29-30-25(31)34-14-21(32)28-22-16(3)12-20(26)13-17(22)4/h6-9,11-13,18H,1,10,14H2,2-5H3,(H,27,33)(H,28,32)/t18-/m0/s1. The number of carbonyl (C=O) groups is 2. The lowest BCUT2D eigenvalue weighted by Gasteiger charge is -2.15. The van der Waals surface area contributed by atoms with Crippen molar-refractivity contribution in [1.82, 2.24) is 20.1 Å². The average Bonchev–Trinajstić information content (AvgIpc) is 3.17. The molecule has 2 N–H and O–H groups in total. The summed E-state index contributed by atoms with van der Waals surface area (Å²) in [7, 11) is 0. The molecule has 0 spiro atoms.